The van der Waals surface area contributed by atoms with Crippen LogP contribution in [0, 0.1) is 0 Å². The zero-order valence-electron chi connectivity index (χ0n) is 12.9. The highest BCUT2D eigenvalue weighted by molar-refractivity contribution is 6.30. The largest absolute Gasteiger partial charge is 0.340 e. The Bertz CT molecular complexity index is 439. The van der Waals surface area contributed by atoms with Crippen LogP contribution < -0.4 is 0 Å². The van der Waals surface area contributed by atoms with Crippen LogP contribution in [0.5, 0.6) is 0 Å². The smallest absolute Gasteiger partial charge is 0.227 e. The van der Waals surface area contributed by atoms with Crippen molar-refractivity contribution in [2.75, 3.05) is 32.7 Å². The Balaban J connectivity index is 1.74. The number of halogens is 1. The van der Waals surface area contributed by atoms with Crippen molar-refractivity contribution in [2.24, 2.45) is 0 Å². The topological polar surface area (TPSA) is 23.6 Å². The first kappa shape index (κ1) is 16.3. The maximum absolute atomic E-state index is 12.3. The summed E-state index contributed by atoms with van der Waals surface area (Å²) in [4.78, 5) is 16.8. The van der Waals surface area contributed by atoms with Gasteiger partial charge in [0.15, 0.2) is 0 Å². The van der Waals surface area contributed by atoms with Crippen LogP contribution in [-0.4, -0.2) is 48.4 Å². The zero-order chi connectivity index (χ0) is 15.1. The van der Waals surface area contributed by atoms with Crippen LogP contribution in [0.3, 0.4) is 0 Å². The molecule has 0 radical (unpaired) electrons. The number of carbonyl (C=O) groups excluding carboxylic acids is 1. The maximum Gasteiger partial charge on any atom is 0.227 e. The molecular formula is C17H25ClN2O. The fourth-order valence-corrected chi connectivity index (χ4v) is 2.82. The van der Waals surface area contributed by atoms with E-state index in [1.807, 2.05) is 29.2 Å². The van der Waals surface area contributed by atoms with E-state index in [1.54, 1.807) is 0 Å². The summed E-state index contributed by atoms with van der Waals surface area (Å²) in [6.45, 7) is 7.14. The Kier molecular flexibility index (Phi) is 6.52. The van der Waals surface area contributed by atoms with Gasteiger partial charge in [0, 0.05) is 31.2 Å². The minimum absolute atomic E-state index is 0.227. The summed E-state index contributed by atoms with van der Waals surface area (Å²) in [6.07, 6.45) is 4.32. The number of amides is 1. The van der Waals surface area contributed by atoms with Crippen molar-refractivity contribution in [2.45, 2.75) is 32.6 Å². The summed E-state index contributed by atoms with van der Waals surface area (Å²) in [7, 11) is 0. The van der Waals surface area contributed by atoms with Crippen molar-refractivity contribution in [1.29, 1.82) is 0 Å². The first-order valence-electron chi connectivity index (χ1n) is 7.93. The van der Waals surface area contributed by atoms with Crippen LogP contribution in [-0.2, 0) is 11.2 Å². The van der Waals surface area contributed by atoms with E-state index in [9.17, 15) is 4.79 Å². The number of hydrogen-bond acceptors (Lipinski definition) is 2. The molecule has 1 aromatic rings. The number of carbonyl (C=O) groups is 1. The van der Waals surface area contributed by atoms with Gasteiger partial charge in [-0.15, -0.1) is 0 Å². The zero-order valence-corrected chi connectivity index (χ0v) is 13.6. The summed E-state index contributed by atoms with van der Waals surface area (Å²) in [5.74, 6) is 0.227. The summed E-state index contributed by atoms with van der Waals surface area (Å²) in [5, 5.41) is 0.715. The van der Waals surface area contributed by atoms with E-state index < -0.39 is 0 Å². The lowest BCUT2D eigenvalue weighted by atomic mass is 10.1. The van der Waals surface area contributed by atoms with Gasteiger partial charge in [-0.05, 0) is 30.7 Å². The summed E-state index contributed by atoms with van der Waals surface area (Å²) in [6, 6.07) is 7.55. The molecule has 0 saturated carbocycles. The van der Waals surface area contributed by atoms with Crippen molar-refractivity contribution in [3.8, 4) is 0 Å². The fourth-order valence-electron chi connectivity index (χ4n) is 2.69. The number of piperazine rings is 1. The Labute approximate surface area is 132 Å². The van der Waals surface area contributed by atoms with Crippen molar-refractivity contribution in [1.82, 2.24) is 9.80 Å². The molecule has 1 aliphatic rings. The second-order valence-electron chi connectivity index (χ2n) is 5.73. The Morgan fingerprint density at radius 1 is 1.10 bits per heavy atom. The summed E-state index contributed by atoms with van der Waals surface area (Å²) < 4.78 is 0. The van der Waals surface area contributed by atoms with Gasteiger partial charge in [-0.1, -0.05) is 43.5 Å². The summed E-state index contributed by atoms with van der Waals surface area (Å²) in [5.41, 5.74) is 1.04. The molecule has 1 amide bonds. The monoisotopic (exact) mass is 308 g/mol. The first-order valence-corrected chi connectivity index (χ1v) is 8.31. The van der Waals surface area contributed by atoms with E-state index in [4.69, 9.17) is 11.6 Å². The molecule has 0 bridgehead atoms. The second kappa shape index (κ2) is 8.40. The Hall–Kier alpha value is -1.06. The Morgan fingerprint density at radius 2 is 1.76 bits per heavy atom. The number of unbranched alkanes of at least 4 members (excludes halogenated alkanes) is 2. The SMILES string of the molecule is CCCCCN1CCN(C(=O)Cc2ccc(Cl)cc2)CC1. The minimum atomic E-state index is 0.227. The molecule has 1 fully saturated rings. The van der Waals surface area contributed by atoms with Crippen LogP contribution >= 0.6 is 11.6 Å². The van der Waals surface area contributed by atoms with E-state index in [-0.39, 0.29) is 5.91 Å². The van der Waals surface area contributed by atoms with Gasteiger partial charge >= 0.3 is 0 Å². The molecule has 1 aromatic carbocycles. The highest BCUT2D eigenvalue weighted by atomic mass is 35.5. The van der Waals surface area contributed by atoms with Crippen LogP contribution in [0.2, 0.25) is 5.02 Å². The van der Waals surface area contributed by atoms with Crippen molar-refractivity contribution in [3.63, 3.8) is 0 Å². The van der Waals surface area contributed by atoms with Crippen LogP contribution in [0.1, 0.15) is 31.7 Å². The van der Waals surface area contributed by atoms with E-state index >= 15 is 0 Å². The molecule has 1 aliphatic heterocycles. The number of hydrogen-bond donors (Lipinski definition) is 0. The molecule has 1 heterocycles. The minimum Gasteiger partial charge on any atom is -0.340 e. The highest BCUT2D eigenvalue weighted by Gasteiger charge is 2.20. The molecule has 4 heteroatoms. The molecule has 0 N–H and O–H groups in total. The lowest BCUT2D eigenvalue weighted by Crippen LogP contribution is -2.49. The number of nitrogens with zero attached hydrogens (tertiary/aromatic N) is 2. The van der Waals surface area contributed by atoms with E-state index in [2.05, 4.69) is 11.8 Å². The molecule has 1 saturated heterocycles. The molecule has 116 valence electrons. The third kappa shape index (κ3) is 5.33. The molecule has 21 heavy (non-hydrogen) atoms. The lowest BCUT2D eigenvalue weighted by molar-refractivity contribution is -0.132. The van der Waals surface area contributed by atoms with Gasteiger partial charge < -0.3 is 4.90 Å². The predicted octanol–water partition coefficient (Wildman–Crippen LogP) is 3.22. The molecular weight excluding hydrogens is 284 g/mol. The second-order valence-corrected chi connectivity index (χ2v) is 6.17. The van der Waals surface area contributed by atoms with E-state index in [0.717, 1.165) is 31.7 Å². The number of benzene rings is 1. The van der Waals surface area contributed by atoms with E-state index in [0.29, 0.717) is 11.4 Å². The van der Waals surface area contributed by atoms with Gasteiger partial charge in [-0.25, -0.2) is 0 Å². The standard InChI is InChI=1S/C17H25ClN2O/c1-2-3-4-9-19-10-12-20(13-11-19)17(21)14-15-5-7-16(18)8-6-15/h5-8H,2-4,9-14H2,1H3. The normalized spacial score (nSPS) is 16.2. The average molecular weight is 309 g/mol. The molecule has 0 aliphatic carbocycles. The molecule has 2 rings (SSSR count). The van der Waals surface area contributed by atoms with Crippen LogP contribution in [0.25, 0.3) is 0 Å². The van der Waals surface area contributed by atoms with Gasteiger partial charge in [-0.3, -0.25) is 9.69 Å². The average Bonchev–Trinajstić information content (AvgIpc) is 2.50. The van der Waals surface area contributed by atoms with Gasteiger partial charge in [0.25, 0.3) is 0 Å². The van der Waals surface area contributed by atoms with Gasteiger partial charge in [0.1, 0.15) is 0 Å². The first-order chi connectivity index (χ1) is 10.2. The third-order valence-corrected chi connectivity index (χ3v) is 4.32. The quantitative estimate of drug-likeness (QED) is 0.753. The summed E-state index contributed by atoms with van der Waals surface area (Å²) >= 11 is 5.86. The molecule has 0 atom stereocenters. The van der Waals surface area contributed by atoms with Gasteiger partial charge in [-0.2, -0.15) is 0 Å². The highest BCUT2D eigenvalue weighted by Crippen LogP contribution is 2.12. The van der Waals surface area contributed by atoms with Crippen LogP contribution in [0.15, 0.2) is 24.3 Å². The van der Waals surface area contributed by atoms with Gasteiger partial charge in [0.05, 0.1) is 6.42 Å². The molecule has 0 aromatic heterocycles. The predicted molar refractivity (Wildman–Crippen MR) is 87.7 cm³/mol. The van der Waals surface area contributed by atoms with Gasteiger partial charge in [0.2, 0.25) is 5.91 Å². The lowest BCUT2D eigenvalue weighted by Gasteiger charge is -2.34. The van der Waals surface area contributed by atoms with Crippen molar-refractivity contribution in [3.05, 3.63) is 34.9 Å². The Morgan fingerprint density at radius 3 is 2.38 bits per heavy atom. The van der Waals surface area contributed by atoms with E-state index in [1.165, 1.54) is 25.8 Å². The van der Waals surface area contributed by atoms with Crippen molar-refractivity contribution >= 4 is 17.5 Å². The maximum atomic E-state index is 12.3. The number of rotatable bonds is 6. The molecule has 3 nitrogen and oxygen atoms in total. The fraction of sp³-hybridized carbons (Fsp3) is 0.588. The molecule has 0 spiro atoms. The van der Waals surface area contributed by atoms with Crippen LogP contribution in [0.4, 0.5) is 0 Å². The third-order valence-electron chi connectivity index (χ3n) is 4.07. The van der Waals surface area contributed by atoms with Crippen molar-refractivity contribution < 1.29 is 4.79 Å². The molecule has 0 unspecified atom stereocenters.